The van der Waals surface area contributed by atoms with Crippen molar-refractivity contribution in [2.75, 3.05) is 4.43 Å². The van der Waals surface area contributed by atoms with E-state index in [0.717, 1.165) is 22.9 Å². The maximum absolute atomic E-state index is 6.27. The highest BCUT2D eigenvalue weighted by Crippen LogP contribution is 2.33. The van der Waals surface area contributed by atoms with Crippen LogP contribution in [0, 0.1) is 6.92 Å². The van der Waals surface area contributed by atoms with Gasteiger partial charge in [0.15, 0.2) is 0 Å². The van der Waals surface area contributed by atoms with Crippen molar-refractivity contribution in [2.24, 2.45) is 0 Å². The molecular formula is C12H12Cl2IN. The Labute approximate surface area is 119 Å². The van der Waals surface area contributed by atoms with Crippen molar-refractivity contribution in [1.29, 1.82) is 0 Å². The van der Waals surface area contributed by atoms with Crippen LogP contribution in [0.25, 0.3) is 10.9 Å². The molecule has 0 unspecified atom stereocenters. The fourth-order valence-corrected chi connectivity index (χ4v) is 2.70. The molecule has 0 aliphatic heterocycles. The van der Waals surface area contributed by atoms with Gasteiger partial charge in [-0.2, -0.15) is 0 Å². The van der Waals surface area contributed by atoms with Crippen LogP contribution in [0.1, 0.15) is 12.1 Å². The number of hydrogen-bond acceptors (Lipinski definition) is 0. The molecule has 0 aliphatic rings. The highest BCUT2D eigenvalue weighted by Gasteiger charge is 2.11. The molecule has 4 heteroatoms. The maximum atomic E-state index is 6.27. The Morgan fingerprint density at radius 3 is 2.75 bits per heavy atom. The van der Waals surface area contributed by atoms with Gasteiger partial charge in [-0.25, -0.2) is 0 Å². The zero-order valence-electron chi connectivity index (χ0n) is 8.93. The first kappa shape index (κ1) is 12.5. The van der Waals surface area contributed by atoms with Crippen LogP contribution in [-0.2, 0) is 6.54 Å². The second-order valence-electron chi connectivity index (χ2n) is 3.78. The molecule has 1 aromatic carbocycles. The number of aromatic nitrogens is 1. The number of fused-ring (bicyclic) bond motifs is 1. The number of halogens is 3. The predicted molar refractivity (Wildman–Crippen MR) is 80.2 cm³/mol. The van der Waals surface area contributed by atoms with Crippen molar-refractivity contribution in [3.63, 3.8) is 0 Å². The van der Waals surface area contributed by atoms with Crippen LogP contribution in [0.15, 0.2) is 18.2 Å². The van der Waals surface area contributed by atoms with E-state index in [9.17, 15) is 0 Å². The molecule has 0 saturated carbocycles. The third kappa shape index (κ3) is 2.20. The van der Waals surface area contributed by atoms with Gasteiger partial charge in [0.25, 0.3) is 0 Å². The van der Waals surface area contributed by atoms with Crippen LogP contribution in [0.5, 0.6) is 0 Å². The van der Waals surface area contributed by atoms with Crippen LogP contribution in [0.2, 0.25) is 10.0 Å². The second-order valence-corrected chi connectivity index (χ2v) is 5.64. The van der Waals surface area contributed by atoms with Crippen LogP contribution in [-0.4, -0.2) is 8.99 Å². The molecular weight excluding hydrogens is 356 g/mol. The molecule has 0 atom stereocenters. The lowest BCUT2D eigenvalue weighted by molar-refractivity contribution is 0.695. The molecule has 2 aromatic rings. The van der Waals surface area contributed by atoms with E-state index >= 15 is 0 Å². The van der Waals surface area contributed by atoms with E-state index in [4.69, 9.17) is 23.2 Å². The topological polar surface area (TPSA) is 4.93 Å². The highest BCUT2D eigenvalue weighted by atomic mass is 127. The third-order valence-corrected chi connectivity index (χ3v) is 4.23. The minimum atomic E-state index is 0.628. The summed E-state index contributed by atoms with van der Waals surface area (Å²) >= 11 is 14.7. The SMILES string of the molecule is Cc1cc2ccc(Cl)c(Cl)c2n1CCCI. The Morgan fingerprint density at radius 2 is 2.06 bits per heavy atom. The third-order valence-electron chi connectivity index (χ3n) is 2.68. The van der Waals surface area contributed by atoms with Gasteiger partial charge in [-0.05, 0) is 25.5 Å². The fourth-order valence-electron chi connectivity index (χ4n) is 1.93. The van der Waals surface area contributed by atoms with Crippen LogP contribution in [0.4, 0.5) is 0 Å². The zero-order chi connectivity index (χ0) is 11.7. The zero-order valence-corrected chi connectivity index (χ0v) is 12.6. The molecule has 0 amide bonds. The minimum absolute atomic E-state index is 0.628. The Kier molecular flexibility index (Phi) is 4.03. The molecule has 0 N–H and O–H groups in total. The Hall–Kier alpha value is 0.0700. The average molecular weight is 368 g/mol. The molecule has 86 valence electrons. The lowest BCUT2D eigenvalue weighted by Crippen LogP contribution is -2.00. The van der Waals surface area contributed by atoms with E-state index < -0.39 is 0 Å². The Bertz CT molecular complexity index is 519. The number of aryl methyl sites for hydroxylation is 2. The summed E-state index contributed by atoms with van der Waals surface area (Å²) in [7, 11) is 0. The lowest BCUT2D eigenvalue weighted by atomic mass is 10.2. The summed E-state index contributed by atoms with van der Waals surface area (Å²) in [4.78, 5) is 0. The molecule has 0 saturated heterocycles. The summed E-state index contributed by atoms with van der Waals surface area (Å²) in [5.74, 6) is 0. The minimum Gasteiger partial charge on any atom is -0.344 e. The Balaban J connectivity index is 2.61. The van der Waals surface area contributed by atoms with E-state index in [-0.39, 0.29) is 0 Å². The molecule has 0 radical (unpaired) electrons. The van der Waals surface area contributed by atoms with Gasteiger partial charge in [-0.1, -0.05) is 51.9 Å². The number of alkyl halides is 1. The summed E-state index contributed by atoms with van der Waals surface area (Å²) < 4.78 is 3.40. The summed E-state index contributed by atoms with van der Waals surface area (Å²) in [5, 5.41) is 2.46. The van der Waals surface area contributed by atoms with Gasteiger partial charge in [0.05, 0.1) is 15.6 Å². The molecule has 2 rings (SSSR count). The largest absolute Gasteiger partial charge is 0.344 e. The van der Waals surface area contributed by atoms with Crippen molar-refractivity contribution in [1.82, 2.24) is 4.57 Å². The molecule has 0 bridgehead atoms. The molecule has 0 spiro atoms. The molecule has 0 fully saturated rings. The van der Waals surface area contributed by atoms with Crippen molar-refractivity contribution in [3.05, 3.63) is 33.9 Å². The first-order valence-electron chi connectivity index (χ1n) is 5.15. The summed E-state index contributed by atoms with van der Waals surface area (Å²) in [6, 6.07) is 6.04. The standard InChI is InChI=1S/C12H12Cl2IN/c1-8-7-9-3-4-10(13)11(14)12(9)16(8)6-2-5-15/h3-4,7H,2,5-6H2,1H3. The van der Waals surface area contributed by atoms with Gasteiger partial charge >= 0.3 is 0 Å². The van der Waals surface area contributed by atoms with Crippen LogP contribution < -0.4 is 0 Å². The van der Waals surface area contributed by atoms with Crippen molar-refractivity contribution in [2.45, 2.75) is 19.9 Å². The molecule has 0 aliphatic carbocycles. The van der Waals surface area contributed by atoms with Crippen LogP contribution in [0.3, 0.4) is 0 Å². The molecule has 1 heterocycles. The van der Waals surface area contributed by atoms with Crippen LogP contribution >= 0.6 is 45.8 Å². The fraction of sp³-hybridized carbons (Fsp3) is 0.333. The van der Waals surface area contributed by atoms with E-state index in [1.807, 2.05) is 12.1 Å². The lowest BCUT2D eigenvalue weighted by Gasteiger charge is -2.08. The van der Waals surface area contributed by atoms with E-state index in [1.54, 1.807) is 0 Å². The van der Waals surface area contributed by atoms with Crippen molar-refractivity contribution < 1.29 is 0 Å². The quantitative estimate of drug-likeness (QED) is 0.526. The summed E-state index contributed by atoms with van der Waals surface area (Å²) in [6.45, 7) is 3.11. The average Bonchev–Trinajstić information content (AvgIpc) is 2.58. The van der Waals surface area contributed by atoms with Gasteiger partial charge < -0.3 is 4.57 Å². The van der Waals surface area contributed by atoms with E-state index in [2.05, 4.69) is 40.1 Å². The van der Waals surface area contributed by atoms with Gasteiger partial charge in [-0.15, -0.1) is 0 Å². The Morgan fingerprint density at radius 1 is 1.31 bits per heavy atom. The summed E-state index contributed by atoms with van der Waals surface area (Å²) in [5.41, 5.74) is 2.31. The smallest absolute Gasteiger partial charge is 0.0835 e. The number of rotatable bonds is 3. The second kappa shape index (κ2) is 5.15. The van der Waals surface area contributed by atoms with Gasteiger partial charge in [-0.3, -0.25) is 0 Å². The summed E-state index contributed by atoms with van der Waals surface area (Å²) in [6.07, 6.45) is 1.15. The first-order chi connectivity index (χ1) is 7.65. The van der Waals surface area contributed by atoms with Crippen molar-refractivity contribution in [3.8, 4) is 0 Å². The van der Waals surface area contributed by atoms with E-state index in [0.29, 0.717) is 10.0 Å². The highest BCUT2D eigenvalue weighted by molar-refractivity contribution is 14.1. The first-order valence-corrected chi connectivity index (χ1v) is 7.43. The van der Waals surface area contributed by atoms with Gasteiger partial charge in [0.2, 0.25) is 0 Å². The molecule has 1 aromatic heterocycles. The normalized spacial score (nSPS) is 11.2. The van der Waals surface area contributed by atoms with Crippen molar-refractivity contribution >= 4 is 56.7 Å². The molecule has 1 nitrogen and oxygen atoms in total. The van der Waals surface area contributed by atoms with Gasteiger partial charge in [0.1, 0.15) is 0 Å². The number of nitrogens with zero attached hydrogens (tertiary/aromatic N) is 1. The molecule has 16 heavy (non-hydrogen) atoms. The van der Waals surface area contributed by atoms with E-state index in [1.165, 1.54) is 11.1 Å². The maximum Gasteiger partial charge on any atom is 0.0835 e. The van der Waals surface area contributed by atoms with Gasteiger partial charge in [0, 0.05) is 22.1 Å². The monoisotopic (exact) mass is 367 g/mol. The predicted octanol–water partition coefficient (Wildman–Crippen LogP) is 5.08. The number of benzene rings is 1. The number of hydrogen-bond donors (Lipinski definition) is 0.